The number of carbonyl (C=O) groups is 11. The van der Waals surface area contributed by atoms with E-state index in [1.54, 1.807) is 13.0 Å². The van der Waals surface area contributed by atoms with Crippen molar-refractivity contribution in [2.24, 2.45) is 0 Å². The molecular formula is C76H96BBrN8O31S. The van der Waals surface area contributed by atoms with Crippen LogP contribution in [0.25, 0.3) is 10.8 Å². The number of alkyl carbamates (subject to hydrolysis) is 1. The first-order valence-corrected chi connectivity index (χ1v) is 41.2. The Labute approximate surface area is 686 Å². The number of methoxy groups -OCH3 is 2. The van der Waals surface area contributed by atoms with Crippen LogP contribution < -0.4 is 46.1 Å². The summed E-state index contributed by atoms with van der Waals surface area (Å²) in [7, 11) is 4.54. The number of ether oxygens (including phenoxy) is 12. The number of amides is 9. The number of hydrogen-bond donors (Lipinski definition) is 12. The van der Waals surface area contributed by atoms with Crippen molar-refractivity contribution >= 4 is 115 Å². The maximum Gasteiger partial charge on any atom is 0.411 e. The van der Waals surface area contributed by atoms with Gasteiger partial charge in [-0.2, -0.15) is 0 Å². The number of phenols is 1. The number of carbonyl (C=O) groups excluding carboxylic acids is 10. The number of alkyl halides is 1. The molecule has 4 saturated heterocycles. The summed E-state index contributed by atoms with van der Waals surface area (Å²) in [5, 5.41) is 77.5. The number of carboxylic acid groups (broad SMARTS) is 1. The van der Waals surface area contributed by atoms with Crippen molar-refractivity contribution in [2.45, 2.75) is 176 Å². The minimum atomic E-state index is -3.83. The van der Waals surface area contributed by atoms with Crippen molar-refractivity contribution in [3.8, 4) is 23.0 Å². The Morgan fingerprint density at radius 1 is 0.814 bits per heavy atom. The predicted molar refractivity (Wildman–Crippen MR) is 412 cm³/mol. The van der Waals surface area contributed by atoms with E-state index in [-0.39, 0.29) is 130 Å². The van der Waals surface area contributed by atoms with E-state index in [1.165, 1.54) is 76.6 Å². The summed E-state index contributed by atoms with van der Waals surface area (Å²) in [6, 6.07) is 9.73. The summed E-state index contributed by atoms with van der Waals surface area (Å²) in [5.41, 5.74) is 0.189. The molecule has 4 aromatic rings. The van der Waals surface area contributed by atoms with Crippen molar-refractivity contribution < 1.29 is 149 Å². The number of halogens is 1. The fourth-order valence-electron chi connectivity index (χ4n) is 14.5. The average molecular weight is 1740 g/mol. The number of aliphatic carboxylic acids is 1. The van der Waals surface area contributed by atoms with Gasteiger partial charge in [-0.1, -0.05) is 40.2 Å². The molecule has 10 rings (SSSR count). The zero-order valence-electron chi connectivity index (χ0n) is 65.5. The number of imide groups is 1. The number of carboxylic acids is 1. The van der Waals surface area contributed by atoms with Crippen LogP contribution in [0.3, 0.4) is 0 Å². The smallest absolute Gasteiger partial charge is 0.411 e. The number of benzene rings is 4. The van der Waals surface area contributed by atoms with Crippen molar-refractivity contribution in [3.05, 3.63) is 88.0 Å². The van der Waals surface area contributed by atoms with Crippen LogP contribution in [0.15, 0.2) is 54.6 Å². The molecule has 0 saturated carbocycles. The Bertz CT molecular complexity index is 4520. The summed E-state index contributed by atoms with van der Waals surface area (Å²) in [4.78, 5) is 146. The van der Waals surface area contributed by atoms with Crippen LogP contribution in [0.2, 0.25) is 5.82 Å². The van der Waals surface area contributed by atoms with Gasteiger partial charge >= 0.3 is 18.2 Å². The number of rotatable bonds is 41. The van der Waals surface area contributed by atoms with E-state index in [1.807, 2.05) is 0 Å². The number of aliphatic hydroxyl groups is 4. The number of fused-ring (bicyclic) bond motifs is 6. The monoisotopic (exact) mass is 1740 g/mol. The van der Waals surface area contributed by atoms with E-state index in [2.05, 4.69) is 47.8 Å². The second-order valence-electron chi connectivity index (χ2n) is 29.0. The molecule has 12 N–H and O–H groups in total. The van der Waals surface area contributed by atoms with Gasteiger partial charge < -0.3 is 119 Å². The van der Waals surface area contributed by atoms with Crippen LogP contribution in [0.4, 0.5) is 15.3 Å². The van der Waals surface area contributed by atoms with Gasteiger partial charge in [0.2, 0.25) is 59.0 Å². The van der Waals surface area contributed by atoms with Gasteiger partial charge in [0, 0.05) is 85.5 Å². The highest BCUT2D eigenvalue weighted by atomic mass is 79.9. The Hall–Kier alpha value is -9.44. The third-order valence-corrected chi connectivity index (χ3v) is 22.5. The third-order valence-electron chi connectivity index (χ3n) is 20.8. The number of nitrogens with one attached hydrogen (secondary N) is 6. The average Bonchev–Trinajstić information content (AvgIpc) is 1.47. The lowest BCUT2D eigenvalue weighted by molar-refractivity contribution is -0.360. The molecule has 39 nitrogen and oxygen atoms in total. The molecule has 2 radical (unpaired) electrons. The molecule has 1 aliphatic carbocycles. The minimum Gasteiger partial charge on any atom is -0.506 e. The quantitative estimate of drug-likeness (QED) is 0.00947. The number of aryl methyl sites for hydroxylation is 1. The molecule has 5 aliphatic heterocycles. The fourth-order valence-corrected chi connectivity index (χ4v) is 16.1. The van der Waals surface area contributed by atoms with E-state index in [4.69, 9.17) is 69.8 Å². The van der Waals surface area contributed by atoms with Crippen molar-refractivity contribution in [3.63, 3.8) is 0 Å². The van der Waals surface area contributed by atoms with Gasteiger partial charge in [-0.3, -0.25) is 48.2 Å². The highest BCUT2D eigenvalue weighted by molar-refractivity contribution is 9.09. The van der Waals surface area contributed by atoms with Gasteiger partial charge in [0.05, 0.1) is 77.8 Å². The Morgan fingerprint density at radius 3 is 2.14 bits per heavy atom. The number of aromatic hydroxyl groups is 1. The van der Waals surface area contributed by atoms with Gasteiger partial charge in [0.15, 0.2) is 18.0 Å². The molecule has 4 fully saturated rings. The van der Waals surface area contributed by atoms with E-state index in [9.17, 15) is 86.7 Å². The number of phenolic OH excluding ortho intramolecular Hbond substituents is 1. The zero-order chi connectivity index (χ0) is 85.7. The van der Waals surface area contributed by atoms with Crippen LogP contribution in [0.5, 0.6) is 23.0 Å². The van der Waals surface area contributed by atoms with Crippen LogP contribution in [0.1, 0.15) is 109 Å². The number of anilines is 1. The first-order valence-electron chi connectivity index (χ1n) is 38.0. The number of Topliss-reactive ketones (excluding diaryl/α,β-unsaturated/α-hetero) is 1. The molecule has 6 aliphatic rings. The van der Waals surface area contributed by atoms with E-state index in [0.717, 1.165) is 16.1 Å². The Kier molecular flexibility index (Phi) is 30.5. The molecule has 42 heteroatoms. The number of aliphatic hydroxyl groups excluding tert-OH is 4. The van der Waals surface area contributed by atoms with Gasteiger partial charge in [0.1, 0.15) is 95.3 Å². The first kappa shape index (κ1) is 90.9. The molecule has 118 heavy (non-hydrogen) atoms. The maximum absolute atomic E-state index is 14.4. The SMILES string of the molecule is [B]C1CC(=O)N(CCOCCC(=O)N[C@@H](CCCCNC(=O)CCOCCO)C(=O)N[C@@H](C)C(=O)N[C@@H](C)C(=O)Nc2ccc(COC(=O)NCC34OC5c6c(C)cc7c(OC)c8c(c(O)c7c6O[C@](OC)(C5O3)[C@]4(CBr)OCN(CCS(C)(=O)=O)C(=O)OCc3ccc(O[C@@H]4O[C@H](C(=O)O)[C@@H](O)[C@H](O)[C@H]4O)cc3)C(=O)CCC8)cc2)C1=O. The molecule has 14 atom stereocenters. The number of unbranched alkanes of at least 4 members (excludes halogenated alkanes) is 1. The molecule has 4 unspecified atom stereocenters. The van der Waals surface area contributed by atoms with E-state index < -0.39 is 185 Å². The van der Waals surface area contributed by atoms with Crippen molar-refractivity contribution in [1.82, 2.24) is 36.4 Å². The zero-order valence-corrected chi connectivity index (χ0v) is 67.9. The summed E-state index contributed by atoms with van der Waals surface area (Å²) >= 11 is 3.60. The summed E-state index contributed by atoms with van der Waals surface area (Å²) in [6.45, 7) is 1.61. The number of nitrogens with zero attached hydrogens (tertiary/aromatic N) is 2. The standard InChI is InChI=1S/C76H96BBrN8O31S/c1-39-32-47-56(57(92)55-46(61(47)106-4)10-9-12-50(55)88)62-54(39)63-65-76(107-5,116-62)74(36-78,112-38-85(25-31-118(6,104)105)73(103)111-35-43-15-19-45(20-16-43)113-71-60(95)58(93)59(94)64(114-71)70(100)101)75(115-63,117-65)37-80-72(102)110-34-42-13-17-44(18-14-42)83-67(97)41(3)81-66(96)40(2)82-68(98)49(11-7-8-23-79-51(89)21-27-109-30-26-87)84-52(90)22-28-108-29-24-86-53(91)33-48(77)69(86)99/h13-20,32,40-41,48-49,58-60,63-65,71,87,92-95H,7-12,21-31,33-38H2,1-6H3,(H,79,89)(H,80,102)(H,81,96)(H,82,98)(H,83,97)(H,84,90)(H,100,101)/t40-,41-,48?,49-,58-,59-,60+,63?,64-,65?,71+,74+,75?,76+/m0/s1. The lowest BCUT2D eigenvalue weighted by Crippen LogP contribution is -2.76. The molecule has 0 aromatic heterocycles. The Morgan fingerprint density at radius 2 is 1.48 bits per heavy atom. The predicted octanol–water partition coefficient (Wildman–Crippen LogP) is 0.512. The number of hydrogen-bond acceptors (Lipinski definition) is 30. The third kappa shape index (κ3) is 20.4. The second kappa shape index (κ2) is 39.6. The highest BCUT2D eigenvalue weighted by Crippen LogP contribution is 2.68. The van der Waals surface area contributed by atoms with Crippen LogP contribution in [-0.2, 0) is 110 Å². The molecule has 4 aromatic carbocycles. The molecule has 2 bridgehead atoms. The lowest BCUT2D eigenvalue weighted by atomic mass is 9.76. The summed E-state index contributed by atoms with van der Waals surface area (Å²) in [5.74, 6) is -12.1. The van der Waals surface area contributed by atoms with E-state index >= 15 is 0 Å². The molecular weight excluding hydrogens is 1640 g/mol. The van der Waals surface area contributed by atoms with Gasteiger partial charge in [-0.15, -0.1) is 0 Å². The minimum absolute atomic E-state index is 0.00513. The maximum atomic E-state index is 14.4. The van der Waals surface area contributed by atoms with Crippen molar-refractivity contribution in [1.29, 1.82) is 0 Å². The fraction of sp³-hybridized carbons (Fsp3) is 0.566. The molecule has 642 valence electrons. The highest BCUT2D eigenvalue weighted by Gasteiger charge is 2.86. The normalized spacial score (nSPS) is 24.3. The number of likely N-dealkylation sites (tertiary alicyclic amines) is 1. The van der Waals surface area contributed by atoms with E-state index in [0.29, 0.717) is 64.6 Å². The van der Waals surface area contributed by atoms with Gasteiger partial charge in [-0.25, -0.2) is 22.8 Å². The van der Waals surface area contributed by atoms with Crippen LogP contribution in [0, 0.1) is 6.92 Å². The Balaban J connectivity index is 0.792. The van der Waals surface area contributed by atoms with Gasteiger partial charge in [0.25, 0.3) is 5.79 Å². The van der Waals surface area contributed by atoms with Crippen LogP contribution >= 0.6 is 15.9 Å². The van der Waals surface area contributed by atoms with Crippen molar-refractivity contribution in [2.75, 3.05) is 103 Å². The summed E-state index contributed by atoms with van der Waals surface area (Å²) < 4.78 is 98.9. The number of ketones is 1. The topological polar surface area (TPSA) is 533 Å². The largest absolute Gasteiger partial charge is 0.506 e. The first-order chi connectivity index (χ1) is 56.1. The van der Waals surface area contributed by atoms with Gasteiger partial charge in [-0.05, 0) is 99.9 Å². The lowest BCUT2D eigenvalue weighted by Gasteiger charge is -2.55. The molecule has 9 amide bonds. The van der Waals surface area contributed by atoms with Crippen LogP contribution in [-0.4, -0.2) is 292 Å². The summed E-state index contributed by atoms with van der Waals surface area (Å²) in [6.07, 6.45) is -11.6. The number of sulfone groups is 1. The molecule has 5 heterocycles. The molecule has 0 spiro atoms. The second-order valence-corrected chi connectivity index (χ2v) is 31.9.